The predicted octanol–water partition coefficient (Wildman–Crippen LogP) is 3.52. The molecule has 0 amide bonds. The molecule has 0 atom stereocenters. The maximum atomic E-state index is 12.5. The Balaban J connectivity index is 3.47. The average Bonchev–Trinajstić information content (AvgIpc) is 2.12. The van der Waals surface area contributed by atoms with Gasteiger partial charge < -0.3 is 5.11 Å². The van der Waals surface area contributed by atoms with Crippen molar-refractivity contribution in [1.82, 2.24) is 0 Å². The molecule has 0 aliphatic carbocycles. The van der Waals surface area contributed by atoms with E-state index in [4.69, 9.17) is 5.11 Å². The number of aliphatic hydroxyl groups is 1. The van der Waals surface area contributed by atoms with Crippen LogP contribution in [0.15, 0.2) is 12.1 Å². The van der Waals surface area contributed by atoms with Crippen LogP contribution < -0.4 is 0 Å². The van der Waals surface area contributed by atoms with Gasteiger partial charge in [-0.3, -0.25) is 0 Å². The molecular formula is C10H8F6O. The van der Waals surface area contributed by atoms with Crippen LogP contribution in [0.4, 0.5) is 26.3 Å². The fourth-order valence-corrected chi connectivity index (χ4v) is 1.55. The van der Waals surface area contributed by atoms with E-state index in [-0.39, 0.29) is 0 Å². The maximum absolute atomic E-state index is 12.5. The van der Waals surface area contributed by atoms with Gasteiger partial charge in [0, 0.05) is 0 Å². The number of aryl methyl sites for hydroxylation is 1. The van der Waals surface area contributed by atoms with Crippen molar-refractivity contribution < 1.29 is 31.4 Å². The van der Waals surface area contributed by atoms with Crippen molar-refractivity contribution in [2.24, 2.45) is 0 Å². The van der Waals surface area contributed by atoms with E-state index in [1.165, 1.54) is 0 Å². The maximum Gasteiger partial charge on any atom is 0.417 e. The Labute approximate surface area is 92.7 Å². The number of rotatable bonds is 1. The van der Waals surface area contributed by atoms with Gasteiger partial charge in [-0.15, -0.1) is 0 Å². The summed E-state index contributed by atoms with van der Waals surface area (Å²) in [6.45, 7) is -0.170. The summed E-state index contributed by atoms with van der Waals surface area (Å²) in [6, 6.07) is 0.734. The van der Waals surface area contributed by atoms with Gasteiger partial charge in [-0.05, 0) is 30.2 Å². The highest BCUT2D eigenvalue weighted by Crippen LogP contribution is 2.38. The molecule has 1 aromatic rings. The van der Waals surface area contributed by atoms with Gasteiger partial charge in [0.25, 0.3) is 0 Å². The molecule has 1 rings (SSSR count). The zero-order valence-corrected chi connectivity index (χ0v) is 8.58. The van der Waals surface area contributed by atoms with Crippen LogP contribution in [0.3, 0.4) is 0 Å². The number of alkyl halides is 6. The zero-order chi connectivity index (χ0) is 13.4. The summed E-state index contributed by atoms with van der Waals surface area (Å²) in [5.74, 6) is 0. The molecule has 0 aliphatic heterocycles. The first-order chi connectivity index (χ1) is 7.57. The van der Waals surface area contributed by atoms with Gasteiger partial charge in [-0.2, -0.15) is 26.3 Å². The van der Waals surface area contributed by atoms with E-state index in [1.54, 1.807) is 0 Å². The number of halogens is 6. The third-order valence-electron chi connectivity index (χ3n) is 2.20. The van der Waals surface area contributed by atoms with Crippen molar-refractivity contribution in [1.29, 1.82) is 0 Å². The number of hydrogen-bond acceptors (Lipinski definition) is 1. The van der Waals surface area contributed by atoms with Crippen molar-refractivity contribution in [3.63, 3.8) is 0 Å². The molecule has 17 heavy (non-hydrogen) atoms. The predicted molar refractivity (Wildman–Crippen MR) is 47.1 cm³/mol. The first kappa shape index (κ1) is 13.8. The van der Waals surface area contributed by atoms with Gasteiger partial charge in [0.05, 0.1) is 17.7 Å². The van der Waals surface area contributed by atoms with Gasteiger partial charge in [0.15, 0.2) is 0 Å². The molecule has 0 saturated carbocycles. The highest BCUT2D eigenvalue weighted by atomic mass is 19.4. The molecule has 7 heteroatoms. The Morgan fingerprint density at radius 2 is 1.53 bits per heavy atom. The van der Waals surface area contributed by atoms with Gasteiger partial charge >= 0.3 is 12.4 Å². The first-order valence-electron chi connectivity index (χ1n) is 4.46. The van der Waals surface area contributed by atoms with E-state index in [0.717, 1.165) is 6.92 Å². The van der Waals surface area contributed by atoms with Crippen LogP contribution in [0.5, 0.6) is 0 Å². The quantitative estimate of drug-likeness (QED) is 0.764. The normalized spacial score (nSPS) is 12.9. The minimum atomic E-state index is -4.79. The van der Waals surface area contributed by atoms with Crippen molar-refractivity contribution in [2.75, 3.05) is 0 Å². The molecule has 96 valence electrons. The van der Waals surface area contributed by atoms with E-state index in [9.17, 15) is 26.3 Å². The Kier molecular flexibility index (Phi) is 3.42. The van der Waals surface area contributed by atoms with Crippen molar-refractivity contribution in [2.45, 2.75) is 25.9 Å². The second kappa shape index (κ2) is 4.21. The molecule has 0 aromatic heterocycles. The lowest BCUT2D eigenvalue weighted by atomic mass is 9.98. The van der Waals surface area contributed by atoms with E-state index in [0.29, 0.717) is 12.1 Å². The van der Waals surface area contributed by atoms with Crippen molar-refractivity contribution >= 4 is 0 Å². The Hall–Kier alpha value is -1.24. The van der Waals surface area contributed by atoms with Crippen LogP contribution in [-0.4, -0.2) is 5.11 Å². The van der Waals surface area contributed by atoms with E-state index < -0.39 is 41.2 Å². The molecular weight excluding hydrogens is 250 g/mol. The smallest absolute Gasteiger partial charge is 0.392 e. The monoisotopic (exact) mass is 258 g/mol. The van der Waals surface area contributed by atoms with Crippen LogP contribution in [0.25, 0.3) is 0 Å². The SMILES string of the molecule is Cc1cc(C(F)(F)F)cc(CO)c1C(F)(F)F. The first-order valence-corrected chi connectivity index (χ1v) is 4.46. The van der Waals surface area contributed by atoms with Crippen LogP contribution in [-0.2, 0) is 19.0 Å². The molecule has 0 heterocycles. The fourth-order valence-electron chi connectivity index (χ4n) is 1.55. The number of hydrogen-bond donors (Lipinski definition) is 1. The lowest BCUT2D eigenvalue weighted by Gasteiger charge is -2.17. The van der Waals surface area contributed by atoms with Crippen molar-refractivity contribution in [3.05, 3.63) is 34.4 Å². The van der Waals surface area contributed by atoms with Gasteiger partial charge in [0.2, 0.25) is 0 Å². The zero-order valence-electron chi connectivity index (χ0n) is 8.58. The lowest BCUT2D eigenvalue weighted by Crippen LogP contribution is -2.15. The molecule has 0 fully saturated rings. The van der Waals surface area contributed by atoms with Gasteiger partial charge in [0.1, 0.15) is 0 Å². The molecule has 1 N–H and O–H groups in total. The molecule has 1 aromatic carbocycles. The average molecular weight is 258 g/mol. The summed E-state index contributed by atoms with van der Waals surface area (Å²) < 4.78 is 74.6. The standard InChI is InChI=1S/C10H8F6O/c1-5-2-7(9(11,12)13)3-6(4-17)8(5)10(14,15)16/h2-3,17H,4H2,1H3. The fraction of sp³-hybridized carbons (Fsp3) is 0.400. The Morgan fingerprint density at radius 3 is 1.88 bits per heavy atom. The van der Waals surface area contributed by atoms with E-state index >= 15 is 0 Å². The van der Waals surface area contributed by atoms with Crippen molar-refractivity contribution in [3.8, 4) is 0 Å². The van der Waals surface area contributed by atoms with Crippen LogP contribution in [0.2, 0.25) is 0 Å². The lowest BCUT2D eigenvalue weighted by molar-refractivity contribution is -0.142. The summed E-state index contributed by atoms with van der Waals surface area (Å²) >= 11 is 0. The molecule has 0 spiro atoms. The van der Waals surface area contributed by atoms with Crippen LogP contribution >= 0.6 is 0 Å². The summed E-state index contributed by atoms with van der Waals surface area (Å²) in [6.07, 6.45) is -9.52. The Morgan fingerprint density at radius 1 is 1.00 bits per heavy atom. The van der Waals surface area contributed by atoms with Crippen LogP contribution in [0.1, 0.15) is 22.3 Å². The molecule has 0 bridgehead atoms. The second-order valence-corrected chi connectivity index (χ2v) is 3.48. The van der Waals surface area contributed by atoms with Gasteiger partial charge in [-0.1, -0.05) is 0 Å². The number of benzene rings is 1. The highest BCUT2D eigenvalue weighted by molar-refractivity contribution is 5.41. The van der Waals surface area contributed by atoms with Crippen LogP contribution in [0, 0.1) is 6.92 Å². The summed E-state index contributed by atoms with van der Waals surface area (Å²) in [5, 5.41) is 8.73. The van der Waals surface area contributed by atoms with E-state index in [2.05, 4.69) is 0 Å². The second-order valence-electron chi connectivity index (χ2n) is 3.48. The Bertz CT molecular complexity index is 418. The molecule has 0 saturated heterocycles. The molecule has 1 nitrogen and oxygen atoms in total. The third kappa shape index (κ3) is 2.91. The van der Waals surface area contributed by atoms with Gasteiger partial charge in [-0.25, -0.2) is 0 Å². The molecule has 0 aliphatic rings. The van der Waals surface area contributed by atoms with E-state index in [1.807, 2.05) is 0 Å². The largest absolute Gasteiger partial charge is 0.417 e. The number of aliphatic hydroxyl groups excluding tert-OH is 1. The summed E-state index contributed by atoms with van der Waals surface area (Å²) in [5.41, 5.74) is -3.75. The highest BCUT2D eigenvalue weighted by Gasteiger charge is 2.38. The molecule has 0 radical (unpaired) electrons. The topological polar surface area (TPSA) is 20.2 Å². The minimum Gasteiger partial charge on any atom is -0.392 e. The third-order valence-corrected chi connectivity index (χ3v) is 2.20. The summed E-state index contributed by atoms with van der Waals surface area (Å²) in [7, 11) is 0. The molecule has 0 unspecified atom stereocenters. The summed E-state index contributed by atoms with van der Waals surface area (Å²) in [4.78, 5) is 0. The minimum absolute atomic E-state index is 0.315.